The van der Waals surface area contributed by atoms with E-state index in [4.69, 9.17) is 4.74 Å². The summed E-state index contributed by atoms with van der Waals surface area (Å²) in [5.74, 6) is 1.04. The maximum absolute atomic E-state index is 12.8. The summed E-state index contributed by atoms with van der Waals surface area (Å²) >= 11 is 0. The second-order valence-electron chi connectivity index (χ2n) is 9.65. The number of rotatable bonds is 8. The highest BCUT2D eigenvalue weighted by atomic mass is 16.5. The molecule has 0 aromatic heterocycles. The van der Waals surface area contributed by atoms with E-state index in [0.29, 0.717) is 11.8 Å². The fourth-order valence-electron chi connectivity index (χ4n) is 6.45. The van der Waals surface area contributed by atoms with Gasteiger partial charge in [-0.2, -0.15) is 0 Å². The molecule has 0 radical (unpaired) electrons. The fourth-order valence-corrected chi connectivity index (χ4v) is 6.45. The zero-order chi connectivity index (χ0) is 20.9. The smallest absolute Gasteiger partial charge is 0.196 e. The Hall–Kier alpha value is -2.01. The number of ketones is 1. The van der Waals surface area contributed by atoms with E-state index in [2.05, 4.69) is 30.3 Å². The van der Waals surface area contributed by atoms with Gasteiger partial charge in [0.25, 0.3) is 0 Å². The van der Waals surface area contributed by atoms with Crippen LogP contribution in [-0.2, 0) is 16.6 Å². The predicted octanol–water partition coefficient (Wildman–Crippen LogP) is 4.18. The highest BCUT2D eigenvalue weighted by Gasteiger charge is 2.64. The van der Waals surface area contributed by atoms with Crippen molar-refractivity contribution in [3.63, 3.8) is 0 Å². The van der Waals surface area contributed by atoms with E-state index in [1.54, 1.807) is 6.08 Å². The lowest BCUT2D eigenvalue weighted by Crippen LogP contribution is -2.64. The molecule has 1 aromatic rings. The Morgan fingerprint density at radius 3 is 2.90 bits per heavy atom. The largest absolute Gasteiger partial charge is 0.504 e. The third-order valence-corrected chi connectivity index (χ3v) is 7.98. The molecule has 1 fully saturated rings. The van der Waals surface area contributed by atoms with Gasteiger partial charge < -0.3 is 20.1 Å². The van der Waals surface area contributed by atoms with E-state index in [-0.39, 0.29) is 22.9 Å². The van der Waals surface area contributed by atoms with Crippen LogP contribution in [0, 0.1) is 5.92 Å². The number of nitrogens with one attached hydrogen (secondary N) is 1. The molecule has 162 valence electrons. The van der Waals surface area contributed by atoms with Gasteiger partial charge in [-0.15, -0.1) is 0 Å². The normalized spacial score (nSPS) is 30.9. The van der Waals surface area contributed by atoms with Crippen LogP contribution in [0.2, 0.25) is 0 Å². The van der Waals surface area contributed by atoms with Crippen molar-refractivity contribution in [2.45, 2.75) is 75.9 Å². The molecule has 4 aliphatic rings. The molecule has 1 spiro atoms. The van der Waals surface area contributed by atoms with Crippen LogP contribution in [-0.4, -0.2) is 48.1 Å². The molecule has 2 aliphatic heterocycles. The number of hydrogen-bond acceptors (Lipinski definition) is 5. The number of piperidine rings is 1. The van der Waals surface area contributed by atoms with Crippen LogP contribution in [0.25, 0.3) is 0 Å². The summed E-state index contributed by atoms with van der Waals surface area (Å²) in [5, 5.41) is 14.4. The molecule has 4 atom stereocenters. The Bertz CT molecular complexity index is 880. The predicted molar refractivity (Wildman–Crippen MR) is 118 cm³/mol. The number of ether oxygens (including phenoxy) is 1. The summed E-state index contributed by atoms with van der Waals surface area (Å²) in [6.45, 7) is 4.11. The average molecular weight is 411 g/mol. The lowest BCUT2D eigenvalue weighted by molar-refractivity contribution is -0.127. The van der Waals surface area contributed by atoms with E-state index in [0.717, 1.165) is 43.6 Å². The zero-order valence-corrected chi connectivity index (χ0v) is 18.2. The number of nitrogens with zero attached hydrogens (tertiary/aromatic N) is 1. The highest BCUT2D eigenvalue weighted by molar-refractivity contribution is 5.98. The summed E-state index contributed by atoms with van der Waals surface area (Å²) in [6.07, 6.45) is 12.7. The molecule has 2 N–H and O–H groups in total. The second-order valence-corrected chi connectivity index (χ2v) is 9.65. The highest BCUT2D eigenvalue weighted by Crippen LogP contribution is 2.63. The van der Waals surface area contributed by atoms with Crippen LogP contribution >= 0.6 is 0 Å². The zero-order valence-electron chi connectivity index (χ0n) is 18.2. The first-order chi connectivity index (χ1) is 14.6. The van der Waals surface area contributed by atoms with Crippen LogP contribution in [0.1, 0.15) is 63.0 Å². The van der Waals surface area contributed by atoms with Gasteiger partial charge >= 0.3 is 0 Å². The molecule has 1 aromatic carbocycles. The second kappa shape index (κ2) is 7.60. The SMILES string of the molecule is CCCCCCCCNc1cc(O)c2c3c1C[C@@H]1[C@@H]4C=CC(=O)[C@H](O2)[C@]34CCN1C. The van der Waals surface area contributed by atoms with Gasteiger partial charge in [-0.3, -0.25) is 4.79 Å². The maximum Gasteiger partial charge on any atom is 0.196 e. The first kappa shape index (κ1) is 19.9. The molecule has 2 aliphatic carbocycles. The monoisotopic (exact) mass is 410 g/mol. The minimum absolute atomic E-state index is 0.0413. The van der Waals surface area contributed by atoms with E-state index in [1.165, 1.54) is 37.7 Å². The number of anilines is 1. The maximum atomic E-state index is 12.8. The topological polar surface area (TPSA) is 61.8 Å². The van der Waals surface area contributed by atoms with Crippen molar-refractivity contribution in [1.29, 1.82) is 0 Å². The number of likely N-dealkylation sites (N-methyl/N-ethyl adjacent to an activating group) is 1. The molecule has 5 rings (SSSR count). The molecule has 5 nitrogen and oxygen atoms in total. The number of phenolic OH excluding ortho intramolecular Hbond substituents is 1. The van der Waals surface area contributed by atoms with Gasteiger partial charge in [0.15, 0.2) is 23.4 Å². The molecular weight excluding hydrogens is 376 g/mol. The van der Waals surface area contributed by atoms with Crippen LogP contribution in [0.4, 0.5) is 5.69 Å². The summed E-state index contributed by atoms with van der Waals surface area (Å²) in [5.41, 5.74) is 3.09. The van der Waals surface area contributed by atoms with Gasteiger partial charge in [0.05, 0.1) is 5.41 Å². The van der Waals surface area contributed by atoms with Gasteiger partial charge in [0.1, 0.15) is 0 Å². The fraction of sp³-hybridized carbons (Fsp3) is 0.640. The number of likely N-dealkylation sites (tertiary alicyclic amines) is 1. The third-order valence-electron chi connectivity index (χ3n) is 7.98. The molecule has 5 heteroatoms. The molecule has 1 saturated heterocycles. The minimum Gasteiger partial charge on any atom is -0.504 e. The van der Waals surface area contributed by atoms with Crippen molar-refractivity contribution in [2.24, 2.45) is 5.92 Å². The number of carbonyl (C=O) groups excluding carboxylic acids is 1. The van der Waals surface area contributed by atoms with Crippen LogP contribution in [0.3, 0.4) is 0 Å². The van der Waals surface area contributed by atoms with Crippen molar-refractivity contribution in [2.75, 3.05) is 25.5 Å². The Balaban J connectivity index is 1.45. The molecule has 30 heavy (non-hydrogen) atoms. The van der Waals surface area contributed by atoms with E-state index >= 15 is 0 Å². The van der Waals surface area contributed by atoms with Crippen molar-refractivity contribution in [1.82, 2.24) is 4.90 Å². The molecule has 2 bridgehead atoms. The lowest BCUT2D eigenvalue weighted by atomic mass is 9.53. The quantitative estimate of drug-likeness (QED) is 0.630. The number of hydrogen-bond donors (Lipinski definition) is 2. The standard InChI is InChI=1S/C25H34N2O3/c1-3-4-5-6-7-8-12-26-18-15-21(29)23-22-16(18)14-19-17-9-10-20(28)24(30-23)25(17,22)11-13-27(19)2/h9-10,15,17,19,24,26,29H,3-8,11-14H2,1-2H3/t17-,19+,24-,25-/m0/s1. The summed E-state index contributed by atoms with van der Waals surface area (Å²) in [4.78, 5) is 15.2. The lowest BCUT2D eigenvalue weighted by Gasteiger charge is -2.55. The number of benzene rings is 1. The van der Waals surface area contributed by atoms with E-state index in [1.807, 2.05) is 6.07 Å². The van der Waals surface area contributed by atoms with Gasteiger partial charge in [0.2, 0.25) is 0 Å². The van der Waals surface area contributed by atoms with Gasteiger partial charge in [-0.1, -0.05) is 45.1 Å². The number of phenols is 1. The molecule has 0 amide bonds. The van der Waals surface area contributed by atoms with Crippen LogP contribution < -0.4 is 10.1 Å². The van der Waals surface area contributed by atoms with Crippen LogP contribution in [0.15, 0.2) is 18.2 Å². The van der Waals surface area contributed by atoms with Crippen molar-refractivity contribution < 1.29 is 14.6 Å². The number of aromatic hydroxyl groups is 1. The summed E-state index contributed by atoms with van der Waals surface area (Å²) < 4.78 is 6.20. The van der Waals surface area contributed by atoms with Gasteiger partial charge in [0, 0.05) is 35.8 Å². The van der Waals surface area contributed by atoms with Gasteiger partial charge in [-0.25, -0.2) is 0 Å². The Morgan fingerprint density at radius 1 is 1.27 bits per heavy atom. The summed E-state index contributed by atoms with van der Waals surface area (Å²) in [7, 11) is 2.20. The van der Waals surface area contributed by atoms with E-state index < -0.39 is 6.10 Å². The average Bonchev–Trinajstić information content (AvgIpc) is 3.09. The Labute approximate surface area is 179 Å². The Kier molecular flexibility index (Phi) is 5.04. The first-order valence-electron chi connectivity index (χ1n) is 11.8. The third kappa shape index (κ3) is 2.81. The molecule has 0 saturated carbocycles. The molecule has 2 heterocycles. The summed E-state index contributed by atoms with van der Waals surface area (Å²) in [6, 6.07) is 2.19. The van der Waals surface area contributed by atoms with Crippen molar-refractivity contribution in [3.05, 3.63) is 29.3 Å². The van der Waals surface area contributed by atoms with Crippen molar-refractivity contribution >= 4 is 11.5 Å². The Morgan fingerprint density at radius 2 is 2.07 bits per heavy atom. The van der Waals surface area contributed by atoms with Crippen molar-refractivity contribution in [3.8, 4) is 11.5 Å². The first-order valence-corrected chi connectivity index (χ1v) is 11.8. The number of unbranched alkanes of at least 4 members (excludes halogenated alkanes) is 5. The van der Waals surface area contributed by atoms with Gasteiger partial charge in [-0.05, 0) is 44.5 Å². The molecule has 0 unspecified atom stereocenters. The molecular formula is C25H34N2O3. The van der Waals surface area contributed by atoms with Crippen LogP contribution in [0.5, 0.6) is 11.5 Å². The number of carbonyl (C=O) groups is 1. The van der Waals surface area contributed by atoms with E-state index in [9.17, 15) is 9.90 Å². The minimum atomic E-state index is -0.488.